The third kappa shape index (κ3) is 4.91. The molecule has 0 radical (unpaired) electrons. The van der Waals surface area contributed by atoms with Crippen LogP contribution in [-0.2, 0) is 6.54 Å². The summed E-state index contributed by atoms with van der Waals surface area (Å²) in [6, 6.07) is 7.90. The first-order chi connectivity index (χ1) is 10.6. The molecule has 1 aliphatic rings. The van der Waals surface area contributed by atoms with Crippen LogP contribution >= 0.6 is 0 Å². The first-order valence-corrected chi connectivity index (χ1v) is 7.94. The number of amides is 2. The molecule has 1 saturated heterocycles. The number of para-hydroxylation sites is 1. The van der Waals surface area contributed by atoms with E-state index in [0.717, 1.165) is 37.4 Å². The Bertz CT molecular complexity index is 491. The normalized spacial score (nSPS) is 17.8. The quantitative estimate of drug-likeness (QED) is 0.876. The molecule has 5 nitrogen and oxygen atoms in total. The van der Waals surface area contributed by atoms with Gasteiger partial charge in [-0.3, -0.25) is 0 Å². The zero-order chi connectivity index (χ0) is 15.9. The second-order valence-electron chi connectivity index (χ2n) is 6.26. The predicted molar refractivity (Wildman–Crippen MR) is 88.1 cm³/mol. The first-order valence-electron chi connectivity index (χ1n) is 7.94. The molecule has 1 aromatic rings. The second kappa shape index (κ2) is 8.03. The van der Waals surface area contributed by atoms with Crippen LogP contribution in [0.4, 0.5) is 4.79 Å². The van der Waals surface area contributed by atoms with Gasteiger partial charge in [-0.15, -0.1) is 0 Å². The maximum Gasteiger partial charge on any atom is 0.317 e. The summed E-state index contributed by atoms with van der Waals surface area (Å²) in [6.45, 7) is 5.90. The van der Waals surface area contributed by atoms with Crippen molar-refractivity contribution < 1.29 is 9.53 Å². The molecule has 1 aromatic carbocycles. The zero-order valence-electron chi connectivity index (χ0n) is 13.8. The lowest BCUT2D eigenvalue weighted by Crippen LogP contribution is -2.38. The van der Waals surface area contributed by atoms with Crippen LogP contribution in [0.1, 0.15) is 18.9 Å². The van der Waals surface area contributed by atoms with Crippen molar-refractivity contribution in [1.82, 2.24) is 15.1 Å². The molecule has 5 heteroatoms. The third-order valence-electron chi connectivity index (χ3n) is 3.91. The van der Waals surface area contributed by atoms with E-state index in [0.29, 0.717) is 19.1 Å². The lowest BCUT2D eigenvalue weighted by Gasteiger charge is -2.18. The van der Waals surface area contributed by atoms with Crippen LogP contribution in [-0.4, -0.2) is 56.2 Å². The number of likely N-dealkylation sites (N-methyl/N-ethyl adjacent to an activating group) is 1. The van der Waals surface area contributed by atoms with Crippen LogP contribution < -0.4 is 10.1 Å². The summed E-state index contributed by atoms with van der Waals surface area (Å²) in [5.74, 6) is 1.45. The molecule has 22 heavy (non-hydrogen) atoms. The summed E-state index contributed by atoms with van der Waals surface area (Å²) in [4.78, 5) is 16.1. The molecule has 0 spiro atoms. The average molecular weight is 305 g/mol. The fourth-order valence-electron chi connectivity index (χ4n) is 2.53. The minimum absolute atomic E-state index is 0.0208. The molecule has 1 atom stereocenters. The largest absolute Gasteiger partial charge is 0.492 e. The number of nitrogens with zero attached hydrogens (tertiary/aromatic N) is 2. The summed E-state index contributed by atoms with van der Waals surface area (Å²) in [7, 11) is 4.04. The molecule has 1 fully saturated rings. The highest BCUT2D eigenvalue weighted by Crippen LogP contribution is 2.18. The molecule has 1 unspecified atom stereocenters. The number of rotatable bonds is 6. The van der Waals surface area contributed by atoms with Gasteiger partial charge in [-0.1, -0.05) is 25.1 Å². The maximum atomic E-state index is 12.1. The van der Waals surface area contributed by atoms with Crippen molar-refractivity contribution in [1.29, 1.82) is 0 Å². The lowest BCUT2D eigenvalue weighted by atomic mass is 10.2. The fraction of sp³-hybridized carbons (Fsp3) is 0.588. The van der Waals surface area contributed by atoms with Crippen molar-refractivity contribution in [2.24, 2.45) is 5.92 Å². The van der Waals surface area contributed by atoms with Crippen molar-refractivity contribution in [2.45, 2.75) is 19.9 Å². The number of carbonyl (C=O) groups is 1. The molecule has 0 aliphatic carbocycles. The van der Waals surface area contributed by atoms with Crippen LogP contribution in [0.2, 0.25) is 0 Å². The van der Waals surface area contributed by atoms with Gasteiger partial charge in [0.25, 0.3) is 0 Å². The Morgan fingerprint density at radius 1 is 1.41 bits per heavy atom. The number of nitrogens with one attached hydrogen (secondary N) is 1. The Kier molecular flexibility index (Phi) is 6.07. The van der Waals surface area contributed by atoms with Crippen LogP contribution in [0.3, 0.4) is 0 Å². The third-order valence-corrected chi connectivity index (χ3v) is 3.91. The summed E-state index contributed by atoms with van der Waals surface area (Å²) in [5.41, 5.74) is 1.02. The number of hydrogen-bond acceptors (Lipinski definition) is 3. The molecule has 2 amide bonds. The van der Waals surface area contributed by atoms with Crippen LogP contribution in [0.5, 0.6) is 5.75 Å². The Hall–Kier alpha value is -1.75. The summed E-state index contributed by atoms with van der Waals surface area (Å²) in [6.07, 6.45) is 1.09. The van der Waals surface area contributed by atoms with E-state index in [2.05, 4.69) is 17.1 Å². The van der Waals surface area contributed by atoms with E-state index in [9.17, 15) is 4.79 Å². The van der Waals surface area contributed by atoms with Crippen molar-refractivity contribution in [2.75, 3.05) is 40.3 Å². The Morgan fingerprint density at radius 3 is 2.86 bits per heavy atom. The van der Waals surface area contributed by atoms with Crippen molar-refractivity contribution >= 4 is 6.03 Å². The van der Waals surface area contributed by atoms with Crippen LogP contribution in [0.25, 0.3) is 0 Å². The van der Waals surface area contributed by atoms with E-state index < -0.39 is 0 Å². The lowest BCUT2D eigenvalue weighted by molar-refractivity contribution is 0.206. The molecule has 122 valence electrons. The highest BCUT2D eigenvalue weighted by atomic mass is 16.5. The number of benzene rings is 1. The van der Waals surface area contributed by atoms with Gasteiger partial charge in [0, 0.05) is 31.7 Å². The average Bonchev–Trinajstić information content (AvgIpc) is 2.92. The standard InChI is InChI=1S/C17H27N3O2/c1-14-8-9-20(13-14)17(21)18-12-15-6-4-5-7-16(15)22-11-10-19(2)3/h4-7,14H,8-13H2,1-3H3,(H,18,21). The van der Waals surface area contributed by atoms with Gasteiger partial charge in [-0.2, -0.15) is 0 Å². The minimum Gasteiger partial charge on any atom is -0.492 e. The second-order valence-corrected chi connectivity index (χ2v) is 6.26. The van der Waals surface area contributed by atoms with E-state index in [4.69, 9.17) is 4.74 Å². The number of likely N-dealkylation sites (tertiary alicyclic amines) is 1. The van der Waals surface area contributed by atoms with Gasteiger partial charge in [0.1, 0.15) is 12.4 Å². The first kappa shape index (κ1) is 16.6. The number of hydrogen-bond donors (Lipinski definition) is 1. The monoisotopic (exact) mass is 305 g/mol. The molecule has 1 aliphatic heterocycles. The van der Waals surface area contributed by atoms with Gasteiger partial charge in [-0.25, -0.2) is 4.79 Å². The summed E-state index contributed by atoms with van der Waals surface area (Å²) >= 11 is 0. The molecule has 0 bridgehead atoms. The van der Waals surface area contributed by atoms with Crippen LogP contribution in [0.15, 0.2) is 24.3 Å². The van der Waals surface area contributed by atoms with Gasteiger partial charge in [0.2, 0.25) is 0 Å². The van der Waals surface area contributed by atoms with E-state index in [1.807, 2.05) is 43.3 Å². The Balaban J connectivity index is 1.85. The topological polar surface area (TPSA) is 44.8 Å². The van der Waals surface area contributed by atoms with E-state index in [1.165, 1.54) is 0 Å². The molecule has 2 rings (SSSR count). The van der Waals surface area contributed by atoms with E-state index >= 15 is 0 Å². The summed E-state index contributed by atoms with van der Waals surface area (Å²) < 4.78 is 5.82. The fourth-order valence-corrected chi connectivity index (χ4v) is 2.53. The zero-order valence-corrected chi connectivity index (χ0v) is 13.8. The van der Waals surface area contributed by atoms with Crippen molar-refractivity contribution in [3.8, 4) is 5.75 Å². The molecular weight excluding hydrogens is 278 g/mol. The minimum atomic E-state index is 0.0208. The highest BCUT2D eigenvalue weighted by molar-refractivity contribution is 5.74. The van der Waals surface area contributed by atoms with E-state index in [-0.39, 0.29) is 6.03 Å². The predicted octanol–water partition coefficient (Wildman–Crippen LogP) is 2.18. The number of urea groups is 1. The Morgan fingerprint density at radius 2 is 2.18 bits per heavy atom. The van der Waals surface area contributed by atoms with Gasteiger partial charge in [-0.05, 0) is 32.5 Å². The maximum absolute atomic E-state index is 12.1. The SMILES string of the molecule is CC1CCN(C(=O)NCc2ccccc2OCCN(C)C)C1. The summed E-state index contributed by atoms with van der Waals surface area (Å²) in [5, 5.41) is 3.00. The molecular formula is C17H27N3O2. The van der Waals surface area contributed by atoms with E-state index in [1.54, 1.807) is 0 Å². The molecule has 0 aromatic heterocycles. The van der Waals surface area contributed by atoms with Crippen LogP contribution in [0, 0.1) is 5.92 Å². The number of carbonyl (C=O) groups excluding carboxylic acids is 1. The van der Waals surface area contributed by atoms with Gasteiger partial charge in [0.05, 0.1) is 0 Å². The van der Waals surface area contributed by atoms with Crippen molar-refractivity contribution in [3.63, 3.8) is 0 Å². The molecule has 1 heterocycles. The van der Waals surface area contributed by atoms with Gasteiger partial charge < -0.3 is 19.9 Å². The molecule has 1 N–H and O–H groups in total. The van der Waals surface area contributed by atoms with Gasteiger partial charge in [0.15, 0.2) is 0 Å². The van der Waals surface area contributed by atoms with Crippen molar-refractivity contribution in [3.05, 3.63) is 29.8 Å². The number of ether oxygens (including phenoxy) is 1. The molecule has 0 saturated carbocycles. The smallest absolute Gasteiger partial charge is 0.317 e. The van der Waals surface area contributed by atoms with Gasteiger partial charge >= 0.3 is 6.03 Å². The Labute approximate surface area is 133 Å². The highest BCUT2D eigenvalue weighted by Gasteiger charge is 2.22.